The fourth-order valence-corrected chi connectivity index (χ4v) is 2.74. The molecule has 2 N–H and O–H groups in total. The molecule has 0 aromatic heterocycles. The summed E-state index contributed by atoms with van der Waals surface area (Å²) in [6.45, 7) is 0.777. The molecule has 1 aliphatic heterocycles. The second kappa shape index (κ2) is 4.49. The van der Waals surface area contributed by atoms with E-state index in [4.69, 9.17) is 15.5 Å². The molecular formula is C14H18N2O. The number of fused-ring (bicyclic) bond motifs is 1. The summed E-state index contributed by atoms with van der Waals surface area (Å²) in [5.41, 5.74) is 6.83. The van der Waals surface area contributed by atoms with E-state index in [2.05, 4.69) is 12.1 Å². The van der Waals surface area contributed by atoms with E-state index in [0.717, 1.165) is 30.8 Å². The number of nitrogens with zero attached hydrogens (tertiary/aromatic N) is 1. The van der Waals surface area contributed by atoms with Gasteiger partial charge in [-0.3, -0.25) is 0 Å². The van der Waals surface area contributed by atoms with Gasteiger partial charge in [-0.05, 0) is 43.9 Å². The molecule has 1 aromatic rings. The molecule has 3 rings (SSSR count). The van der Waals surface area contributed by atoms with Crippen LogP contribution in [0.25, 0.3) is 0 Å². The van der Waals surface area contributed by atoms with Gasteiger partial charge in [0, 0.05) is 5.56 Å². The summed E-state index contributed by atoms with van der Waals surface area (Å²) >= 11 is 0. The van der Waals surface area contributed by atoms with Crippen LogP contribution in [0, 0.1) is 5.92 Å². The summed E-state index contributed by atoms with van der Waals surface area (Å²) in [5, 5.41) is 0. The highest BCUT2D eigenvalue weighted by molar-refractivity contribution is 5.95. The van der Waals surface area contributed by atoms with Crippen molar-refractivity contribution in [3.8, 4) is 0 Å². The quantitative estimate of drug-likeness (QED) is 0.844. The third kappa shape index (κ3) is 2.07. The molecule has 3 heteroatoms. The van der Waals surface area contributed by atoms with Crippen LogP contribution in [0.2, 0.25) is 0 Å². The Morgan fingerprint density at radius 1 is 1.24 bits per heavy atom. The van der Waals surface area contributed by atoms with Gasteiger partial charge in [-0.25, -0.2) is 4.99 Å². The molecule has 3 atom stereocenters. The molecule has 0 saturated heterocycles. The summed E-state index contributed by atoms with van der Waals surface area (Å²) in [6.07, 6.45) is 3.63. The van der Waals surface area contributed by atoms with Crippen LogP contribution >= 0.6 is 0 Å². The summed E-state index contributed by atoms with van der Waals surface area (Å²) in [7, 11) is 0. The maximum absolute atomic E-state index is 5.95. The number of ether oxygens (including phenoxy) is 1. The Labute approximate surface area is 102 Å². The van der Waals surface area contributed by atoms with Crippen molar-refractivity contribution in [2.24, 2.45) is 16.6 Å². The van der Waals surface area contributed by atoms with Crippen LogP contribution in [-0.4, -0.2) is 24.6 Å². The molecule has 1 aromatic carbocycles. The van der Waals surface area contributed by atoms with Gasteiger partial charge in [0.25, 0.3) is 0 Å². The van der Waals surface area contributed by atoms with Crippen LogP contribution in [-0.2, 0) is 4.74 Å². The van der Waals surface area contributed by atoms with Crippen molar-refractivity contribution in [1.82, 2.24) is 0 Å². The van der Waals surface area contributed by atoms with Crippen molar-refractivity contribution in [2.75, 3.05) is 6.54 Å². The Bertz CT molecular complexity index is 415. The largest absolute Gasteiger partial charge is 0.472 e. The number of benzene rings is 1. The molecule has 1 aliphatic carbocycles. The number of hydrogen-bond donors (Lipinski definition) is 1. The minimum atomic E-state index is 0.285. The molecule has 3 nitrogen and oxygen atoms in total. The standard InChI is InChI=1S/C14H18N2O/c15-9-10-6-7-13-12(8-10)16-14(17-13)11-4-2-1-3-5-11/h1-5,10,12-13H,6-9,15H2. The van der Waals surface area contributed by atoms with Crippen molar-refractivity contribution in [2.45, 2.75) is 31.4 Å². The molecule has 2 aliphatic rings. The fraction of sp³-hybridized carbons (Fsp3) is 0.500. The van der Waals surface area contributed by atoms with Crippen molar-refractivity contribution in [3.63, 3.8) is 0 Å². The second-order valence-electron chi connectivity index (χ2n) is 4.94. The van der Waals surface area contributed by atoms with E-state index < -0.39 is 0 Å². The van der Waals surface area contributed by atoms with Gasteiger partial charge in [-0.2, -0.15) is 0 Å². The summed E-state index contributed by atoms with van der Waals surface area (Å²) in [5.74, 6) is 1.44. The highest BCUT2D eigenvalue weighted by atomic mass is 16.5. The molecule has 0 bridgehead atoms. The Kier molecular flexibility index (Phi) is 2.85. The van der Waals surface area contributed by atoms with E-state index in [0.29, 0.717) is 12.0 Å². The second-order valence-corrected chi connectivity index (χ2v) is 4.94. The SMILES string of the molecule is NCC1CCC2OC(c3ccccc3)=NC2C1. The monoisotopic (exact) mass is 230 g/mol. The lowest BCUT2D eigenvalue weighted by Crippen LogP contribution is -2.33. The number of rotatable bonds is 2. The molecule has 0 spiro atoms. The molecule has 1 fully saturated rings. The Morgan fingerprint density at radius 2 is 2.06 bits per heavy atom. The normalized spacial score (nSPS) is 31.6. The summed E-state index contributed by atoms with van der Waals surface area (Å²) in [6, 6.07) is 10.5. The number of hydrogen-bond acceptors (Lipinski definition) is 3. The van der Waals surface area contributed by atoms with Crippen LogP contribution in [0.15, 0.2) is 35.3 Å². The fourth-order valence-electron chi connectivity index (χ4n) is 2.74. The average molecular weight is 230 g/mol. The molecule has 0 amide bonds. The molecule has 90 valence electrons. The highest BCUT2D eigenvalue weighted by Crippen LogP contribution is 2.32. The lowest BCUT2D eigenvalue weighted by molar-refractivity contribution is 0.130. The topological polar surface area (TPSA) is 47.6 Å². The van der Waals surface area contributed by atoms with Gasteiger partial charge in [-0.1, -0.05) is 18.2 Å². The van der Waals surface area contributed by atoms with Gasteiger partial charge >= 0.3 is 0 Å². The third-order valence-corrected chi connectivity index (χ3v) is 3.76. The Morgan fingerprint density at radius 3 is 2.82 bits per heavy atom. The van der Waals surface area contributed by atoms with Gasteiger partial charge in [0.2, 0.25) is 5.90 Å². The molecule has 0 radical (unpaired) electrons. The maximum Gasteiger partial charge on any atom is 0.216 e. The van der Waals surface area contributed by atoms with Crippen LogP contribution in [0.5, 0.6) is 0 Å². The van der Waals surface area contributed by atoms with Crippen LogP contribution in [0.1, 0.15) is 24.8 Å². The smallest absolute Gasteiger partial charge is 0.216 e. The van der Waals surface area contributed by atoms with Gasteiger partial charge < -0.3 is 10.5 Å². The third-order valence-electron chi connectivity index (χ3n) is 3.76. The molecule has 1 heterocycles. The molecule has 3 unspecified atom stereocenters. The van der Waals surface area contributed by atoms with Crippen LogP contribution in [0.3, 0.4) is 0 Å². The van der Waals surface area contributed by atoms with E-state index >= 15 is 0 Å². The zero-order valence-corrected chi connectivity index (χ0v) is 9.88. The number of nitrogens with two attached hydrogens (primary N) is 1. The molecule has 17 heavy (non-hydrogen) atoms. The molecule has 1 saturated carbocycles. The van der Waals surface area contributed by atoms with Gasteiger partial charge in [0.15, 0.2) is 0 Å². The first-order valence-electron chi connectivity index (χ1n) is 6.37. The first kappa shape index (κ1) is 10.8. The average Bonchev–Trinajstić information content (AvgIpc) is 2.82. The minimum absolute atomic E-state index is 0.285. The summed E-state index contributed by atoms with van der Waals surface area (Å²) < 4.78 is 5.95. The van der Waals surface area contributed by atoms with Gasteiger partial charge in [0.05, 0.1) is 6.04 Å². The van der Waals surface area contributed by atoms with Gasteiger partial charge in [0.1, 0.15) is 6.10 Å². The first-order valence-corrected chi connectivity index (χ1v) is 6.37. The van der Waals surface area contributed by atoms with Crippen molar-refractivity contribution >= 4 is 5.90 Å². The predicted octanol–water partition coefficient (Wildman–Crippen LogP) is 1.96. The molecular weight excluding hydrogens is 212 g/mol. The maximum atomic E-state index is 5.95. The zero-order chi connectivity index (χ0) is 11.7. The van der Waals surface area contributed by atoms with E-state index in [1.807, 2.05) is 18.2 Å². The summed E-state index contributed by atoms with van der Waals surface area (Å²) in [4.78, 5) is 4.72. The van der Waals surface area contributed by atoms with E-state index in [9.17, 15) is 0 Å². The zero-order valence-electron chi connectivity index (χ0n) is 9.88. The highest BCUT2D eigenvalue weighted by Gasteiger charge is 2.36. The van der Waals surface area contributed by atoms with E-state index in [1.54, 1.807) is 0 Å². The van der Waals surface area contributed by atoms with Crippen molar-refractivity contribution < 1.29 is 4.74 Å². The predicted molar refractivity (Wildman–Crippen MR) is 68.0 cm³/mol. The Balaban J connectivity index is 1.78. The van der Waals surface area contributed by atoms with Crippen LogP contribution < -0.4 is 5.73 Å². The lowest BCUT2D eigenvalue weighted by Gasteiger charge is -2.28. The van der Waals surface area contributed by atoms with E-state index in [1.165, 1.54) is 6.42 Å². The van der Waals surface area contributed by atoms with Crippen LogP contribution in [0.4, 0.5) is 0 Å². The van der Waals surface area contributed by atoms with Gasteiger partial charge in [-0.15, -0.1) is 0 Å². The van der Waals surface area contributed by atoms with Crippen molar-refractivity contribution in [3.05, 3.63) is 35.9 Å². The number of aliphatic imine (C=N–C) groups is 1. The minimum Gasteiger partial charge on any atom is -0.472 e. The van der Waals surface area contributed by atoms with Crippen molar-refractivity contribution in [1.29, 1.82) is 0 Å². The lowest BCUT2D eigenvalue weighted by atomic mass is 9.84. The van der Waals surface area contributed by atoms with E-state index in [-0.39, 0.29) is 6.10 Å². The Hall–Kier alpha value is -1.35. The first-order chi connectivity index (χ1) is 8.36.